The van der Waals surface area contributed by atoms with E-state index >= 15 is 0 Å². The van der Waals surface area contributed by atoms with Crippen LogP contribution in [0.3, 0.4) is 0 Å². The zero-order chi connectivity index (χ0) is 15.0. The standard InChI is InChI=1S/C16H23N5/c1-10(2)16-20-9-14-15(17)19-8-13(21(14)16)11-4-6-12(18-3)7-5-11/h4,8-10,12,18H,5-7H2,1-3H3,(H2,17,19). The van der Waals surface area contributed by atoms with Crippen LogP contribution in [0, 0.1) is 0 Å². The molecule has 0 spiro atoms. The van der Waals surface area contributed by atoms with Gasteiger partial charge in [0, 0.05) is 12.0 Å². The Hall–Kier alpha value is -1.88. The second-order valence-corrected chi connectivity index (χ2v) is 6.01. The molecule has 1 unspecified atom stereocenters. The highest BCUT2D eigenvalue weighted by molar-refractivity contribution is 5.72. The summed E-state index contributed by atoms with van der Waals surface area (Å²) in [5, 5.41) is 3.35. The van der Waals surface area contributed by atoms with Crippen molar-refractivity contribution in [3.63, 3.8) is 0 Å². The number of hydrogen-bond donors (Lipinski definition) is 2. The zero-order valence-electron chi connectivity index (χ0n) is 12.9. The van der Waals surface area contributed by atoms with Gasteiger partial charge < -0.3 is 11.1 Å². The van der Waals surface area contributed by atoms with Crippen molar-refractivity contribution in [3.8, 4) is 0 Å². The number of hydrogen-bond acceptors (Lipinski definition) is 4. The Balaban J connectivity index is 2.13. The van der Waals surface area contributed by atoms with Crippen molar-refractivity contribution in [2.45, 2.75) is 45.1 Å². The van der Waals surface area contributed by atoms with Gasteiger partial charge in [0.2, 0.25) is 0 Å². The molecule has 2 heterocycles. The Bertz CT molecular complexity index is 683. The van der Waals surface area contributed by atoms with Crippen molar-refractivity contribution in [3.05, 3.63) is 30.0 Å². The minimum absolute atomic E-state index is 0.349. The van der Waals surface area contributed by atoms with Crippen molar-refractivity contribution in [2.24, 2.45) is 0 Å². The summed E-state index contributed by atoms with van der Waals surface area (Å²) >= 11 is 0. The lowest BCUT2D eigenvalue weighted by Crippen LogP contribution is -2.26. The Kier molecular flexibility index (Phi) is 3.68. The maximum absolute atomic E-state index is 6.01. The van der Waals surface area contributed by atoms with Crippen molar-refractivity contribution < 1.29 is 0 Å². The maximum Gasteiger partial charge on any atom is 0.149 e. The molecule has 21 heavy (non-hydrogen) atoms. The van der Waals surface area contributed by atoms with Gasteiger partial charge in [0.25, 0.3) is 0 Å². The summed E-state index contributed by atoms with van der Waals surface area (Å²) in [5.74, 6) is 1.94. The number of imidazole rings is 1. The number of allylic oxidation sites excluding steroid dienone is 1. The van der Waals surface area contributed by atoms with Gasteiger partial charge in [0.15, 0.2) is 0 Å². The van der Waals surface area contributed by atoms with E-state index in [1.165, 1.54) is 5.57 Å². The predicted molar refractivity (Wildman–Crippen MR) is 86.2 cm³/mol. The van der Waals surface area contributed by atoms with Crippen LogP contribution in [-0.2, 0) is 0 Å². The number of nitrogen functional groups attached to an aromatic ring is 1. The maximum atomic E-state index is 6.01. The molecule has 3 N–H and O–H groups in total. The average Bonchev–Trinajstić information content (AvgIpc) is 2.94. The van der Waals surface area contributed by atoms with Gasteiger partial charge in [-0.25, -0.2) is 9.97 Å². The number of aromatic nitrogens is 3. The van der Waals surface area contributed by atoms with Crippen molar-refractivity contribution in [1.82, 2.24) is 19.7 Å². The van der Waals surface area contributed by atoms with Gasteiger partial charge in [-0.2, -0.15) is 0 Å². The smallest absolute Gasteiger partial charge is 0.149 e. The minimum Gasteiger partial charge on any atom is -0.382 e. The highest BCUT2D eigenvalue weighted by Crippen LogP contribution is 2.30. The van der Waals surface area contributed by atoms with Crippen LogP contribution < -0.4 is 11.1 Å². The van der Waals surface area contributed by atoms with Crippen LogP contribution in [-0.4, -0.2) is 27.5 Å². The SMILES string of the molecule is CNC1CC=C(c2cnc(N)c3cnc(C(C)C)n23)CC1. The molecule has 1 aliphatic rings. The van der Waals surface area contributed by atoms with Gasteiger partial charge in [0.1, 0.15) is 17.2 Å². The van der Waals surface area contributed by atoms with Crippen LogP contribution in [0.15, 0.2) is 18.5 Å². The first-order valence-electron chi connectivity index (χ1n) is 7.60. The van der Waals surface area contributed by atoms with Crippen LogP contribution in [0.25, 0.3) is 11.1 Å². The van der Waals surface area contributed by atoms with Crippen LogP contribution in [0.5, 0.6) is 0 Å². The third-order valence-electron chi connectivity index (χ3n) is 4.28. The second kappa shape index (κ2) is 5.48. The quantitative estimate of drug-likeness (QED) is 0.909. The fourth-order valence-electron chi connectivity index (χ4n) is 3.02. The first-order chi connectivity index (χ1) is 10.1. The van der Waals surface area contributed by atoms with Gasteiger partial charge in [-0.1, -0.05) is 19.9 Å². The zero-order valence-corrected chi connectivity index (χ0v) is 12.9. The minimum atomic E-state index is 0.349. The highest BCUT2D eigenvalue weighted by Gasteiger charge is 2.19. The number of nitrogens with one attached hydrogen (secondary N) is 1. The summed E-state index contributed by atoms with van der Waals surface area (Å²) in [6, 6.07) is 0.582. The average molecular weight is 285 g/mol. The Morgan fingerprint density at radius 2 is 2.14 bits per heavy atom. The molecule has 0 radical (unpaired) electrons. The molecular formula is C16H23N5. The molecule has 1 aliphatic carbocycles. The lowest BCUT2D eigenvalue weighted by Gasteiger charge is -2.22. The Labute approximate surface area is 125 Å². The summed E-state index contributed by atoms with van der Waals surface area (Å²) in [6.07, 6.45) is 9.31. The van der Waals surface area contributed by atoms with E-state index in [9.17, 15) is 0 Å². The van der Waals surface area contributed by atoms with Gasteiger partial charge in [0.05, 0.1) is 18.1 Å². The van der Waals surface area contributed by atoms with Crippen LogP contribution in [0.4, 0.5) is 5.82 Å². The Morgan fingerprint density at radius 1 is 1.33 bits per heavy atom. The topological polar surface area (TPSA) is 68.2 Å². The summed E-state index contributed by atoms with van der Waals surface area (Å²) in [6.45, 7) is 4.31. The highest BCUT2D eigenvalue weighted by atomic mass is 15.1. The molecule has 0 bridgehead atoms. The van der Waals surface area contributed by atoms with Gasteiger partial charge in [-0.05, 0) is 31.9 Å². The van der Waals surface area contributed by atoms with Crippen molar-refractivity contribution in [2.75, 3.05) is 12.8 Å². The van der Waals surface area contributed by atoms with Crippen LogP contribution in [0.1, 0.15) is 50.5 Å². The van der Waals surface area contributed by atoms with E-state index in [-0.39, 0.29) is 0 Å². The van der Waals surface area contributed by atoms with E-state index < -0.39 is 0 Å². The monoisotopic (exact) mass is 285 g/mol. The normalized spacial score (nSPS) is 19.2. The van der Waals surface area contributed by atoms with E-state index in [0.29, 0.717) is 17.8 Å². The van der Waals surface area contributed by atoms with E-state index in [1.807, 2.05) is 19.4 Å². The van der Waals surface area contributed by atoms with Crippen LogP contribution >= 0.6 is 0 Å². The lowest BCUT2D eigenvalue weighted by atomic mass is 9.93. The second-order valence-electron chi connectivity index (χ2n) is 6.01. The number of nitrogens with zero attached hydrogens (tertiary/aromatic N) is 3. The van der Waals surface area contributed by atoms with E-state index in [1.54, 1.807) is 0 Å². The fraction of sp³-hybridized carbons (Fsp3) is 0.500. The lowest BCUT2D eigenvalue weighted by molar-refractivity contribution is 0.522. The number of rotatable bonds is 3. The van der Waals surface area contributed by atoms with Gasteiger partial charge >= 0.3 is 0 Å². The van der Waals surface area contributed by atoms with E-state index in [4.69, 9.17) is 5.73 Å². The molecule has 0 aliphatic heterocycles. The predicted octanol–water partition coefficient (Wildman–Crippen LogP) is 2.59. The van der Waals surface area contributed by atoms with Gasteiger partial charge in [-0.15, -0.1) is 0 Å². The molecule has 3 rings (SSSR count). The number of fused-ring (bicyclic) bond motifs is 1. The largest absolute Gasteiger partial charge is 0.382 e. The molecule has 112 valence electrons. The molecule has 0 saturated carbocycles. The first-order valence-corrected chi connectivity index (χ1v) is 7.60. The van der Waals surface area contributed by atoms with E-state index in [0.717, 1.165) is 36.3 Å². The molecule has 1 atom stereocenters. The van der Waals surface area contributed by atoms with Crippen molar-refractivity contribution >= 4 is 16.9 Å². The molecule has 0 aromatic carbocycles. The van der Waals surface area contributed by atoms with E-state index in [2.05, 4.69) is 39.6 Å². The fourth-order valence-corrected chi connectivity index (χ4v) is 3.02. The molecular weight excluding hydrogens is 262 g/mol. The summed E-state index contributed by atoms with van der Waals surface area (Å²) in [4.78, 5) is 8.90. The number of nitrogens with two attached hydrogens (primary N) is 1. The molecule has 2 aromatic heterocycles. The Morgan fingerprint density at radius 3 is 2.76 bits per heavy atom. The van der Waals surface area contributed by atoms with Gasteiger partial charge in [-0.3, -0.25) is 4.40 Å². The summed E-state index contributed by atoms with van der Waals surface area (Å²) in [7, 11) is 2.03. The molecule has 2 aromatic rings. The third-order valence-corrected chi connectivity index (χ3v) is 4.28. The van der Waals surface area contributed by atoms with Crippen molar-refractivity contribution in [1.29, 1.82) is 0 Å². The first kappa shape index (κ1) is 14.1. The molecule has 5 heteroatoms. The summed E-state index contributed by atoms with van der Waals surface area (Å²) < 4.78 is 2.18. The molecule has 0 amide bonds. The third kappa shape index (κ3) is 2.42. The number of anilines is 1. The molecule has 5 nitrogen and oxygen atoms in total. The van der Waals surface area contributed by atoms with Crippen LogP contribution in [0.2, 0.25) is 0 Å². The molecule has 0 saturated heterocycles. The summed E-state index contributed by atoms with van der Waals surface area (Å²) in [5.41, 5.74) is 9.40. The molecule has 0 fully saturated rings.